The molecule has 1 aliphatic rings. The molecule has 1 atom stereocenters. The maximum Gasteiger partial charge on any atom is 0.338 e. The van der Waals surface area contributed by atoms with E-state index < -0.39 is 0 Å². The van der Waals surface area contributed by atoms with Crippen molar-refractivity contribution in [3.63, 3.8) is 0 Å². The Hall–Kier alpha value is -1.40. The zero-order valence-corrected chi connectivity index (χ0v) is 14.9. The summed E-state index contributed by atoms with van der Waals surface area (Å²) in [5.74, 6) is -0.271. The molecule has 1 aromatic heterocycles. The fourth-order valence-corrected chi connectivity index (χ4v) is 3.56. The molecule has 0 saturated heterocycles. The van der Waals surface area contributed by atoms with Gasteiger partial charge in [-0.1, -0.05) is 13.3 Å². The van der Waals surface area contributed by atoms with Crippen molar-refractivity contribution >= 4 is 34.6 Å². The average molecular weight is 338 g/mol. The summed E-state index contributed by atoms with van der Waals surface area (Å²) in [7, 11) is 0. The molecule has 0 amide bonds. The van der Waals surface area contributed by atoms with E-state index in [0.29, 0.717) is 17.3 Å². The van der Waals surface area contributed by atoms with Gasteiger partial charge in [-0.05, 0) is 54.9 Å². The van der Waals surface area contributed by atoms with Crippen LogP contribution in [0.25, 0.3) is 0 Å². The number of allylic oxidation sites excluding steroid dienone is 1. The molecule has 22 heavy (non-hydrogen) atoms. The standard InChI is InChI=1S/C16H22N2O2S2/c1-4-6-8-18-11(3)13(15(19)20-5-2)14(17-16(18)21)12-7-9-22-10-12/h7,9-10,14H,4-6,8H2,1-3H3,(H,17,21). The van der Waals surface area contributed by atoms with Crippen LogP contribution in [0.3, 0.4) is 0 Å². The number of esters is 1. The highest BCUT2D eigenvalue weighted by atomic mass is 32.1. The van der Waals surface area contributed by atoms with Gasteiger partial charge in [0.1, 0.15) is 0 Å². The lowest BCUT2D eigenvalue weighted by Gasteiger charge is -2.37. The van der Waals surface area contributed by atoms with Gasteiger partial charge in [0.2, 0.25) is 0 Å². The first kappa shape index (κ1) is 17.0. The van der Waals surface area contributed by atoms with Gasteiger partial charge in [0, 0.05) is 12.2 Å². The van der Waals surface area contributed by atoms with E-state index in [1.165, 1.54) is 0 Å². The summed E-state index contributed by atoms with van der Waals surface area (Å²) < 4.78 is 5.26. The summed E-state index contributed by atoms with van der Waals surface area (Å²) in [5.41, 5.74) is 2.60. The van der Waals surface area contributed by atoms with Crippen LogP contribution in [0.15, 0.2) is 28.1 Å². The quantitative estimate of drug-likeness (QED) is 0.634. The van der Waals surface area contributed by atoms with Crippen LogP contribution in [0.2, 0.25) is 0 Å². The number of nitrogens with zero attached hydrogens (tertiary/aromatic N) is 1. The normalized spacial score (nSPS) is 18.4. The van der Waals surface area contributed by atoms with Crippen molar-refractivity contribution in [1.82, 2.24) is 10.2 Å². The predicted molar refractivity (Wildman–Crippen MR) is 93.7 cm³/mol. The summed E-state index contributed by atoms with van der Waals surface area (Å²) in [6.45, 7) is 7.09. The fourth-order valence-electron chi connectivity index (χ4n) is 2.53. The Balaban J connectivity index is 2.40. The Morgan fingerprint density at radius 3 is 2.86 bits per heavy atom. The molecule has 0 bridgehead atoms. The molecule has 1 aromatic rings. The van der Waals surface area contributed by atoms with Crippen molar-refractivity contribution in [3.8, 4) is 0 Å². The highest BCUT2D eigenvalue weighted by Gasteiger charge is 2.34. The summed E-state index contributed by atoms with van der Waals surface area (Å²) in [4.78, 5) is 14.5. The van der Waals surface area contributed by atoms with Gasteiger partial charge < -0.3 is 15.0 Å². The number of thiocarbonyl (C=S) groups is 1. The maximum atomic E-state index is 12.5. The van der Waals surface area contributed by atoms with E-state index in [1.807, 2.05) is 35.6 Å². The lowest BCUT2D eigenvalue weighted by Crippen LogP contribution is -2.48. The first-order valence-electron chi connectivity index (χ1n) is 7.58. The molecular weight excluding hydrogens is 316 g/mol. The number of thiophene rings is 1. The molecule has 4 nitrogen and oxygen atoms in total. The number of hydrogen-bond acceptors (Lipinski definition) is 4. The molecule has 0 fully saturated rings. The lowest BCUT2D eigenvalue weighted by atomic mass is 9.97. The molecule has 0 saturated carbocycles. The van der Waals surface area contributed by atoms with Crippen LogP contribution in [-0.4, -0.2) is 29.1 Å². The van der Waals surface area contributed by atoms with Gasteiger partial charge in [-0.2, -0.15) is 11.3 Å². The van der Waals surface area contributed by atoms with Crippen molar-refractivity contribution in [2.45, 2.75) is 39.7 Å². The minimum absolute atomic E-state index is 0.226. The molecule has 1 unspecified atom stereocenters. The molecular formula is C16H22N2O2S2. The molecule has 2 rings (SSSR count). The van der Waals surface area contributed by atoms with Crippen molar-refractivity contribution < 1.29 is 9.53 Å². The third-order valence-corrected chi connectivity index (χ3v) is 4.74. The van der Waals surface area contributed by atoms with E-state index in [4.69, 9.17) is 17.0 Å². The third kappa shape index (κ3) is 3.50. The van der Waals surface area contributed by atoms with Crippen molar-refractivity contribution in [1.29, 1.82) is 0 Å². The Morgan fingerprint density at radius 2 is 2.27 bits per heavy atom. The lowest BCUT2D eigenvalue weighted by molar-refractivity contribution is -0.139. The van der Waals surface area contributed by atoms with E-state index in [-0.39, 0.29) is 12.0 Å². The van der Waals surface area contributed by atoms with Gasteiger partial charge in [-0.15, -0.1) is 0 Å². The van der Waals surface area contributed by atoms with E-state index >= 15 is 0 Å². The summed E-state index contributed by atoms with van der Waals surface area (Å²) in [5, 5.41) is 8.02. The second kappa shape index (κ2) is 7.74. The first-order chi connectivity index (χ1) is 10.6. The minimum atomic E-state index is -0.271. The molecule has 6 heteroatoms. The molecule has 0 spiro atoms. The molecule has 1 aliphatic heterocycles. The minimum Gasteiger partial charge on any atom is -0.463 e. The Kier molecular flexibility index (Phi) is 5.97. The Labute approximate surface area is 141 Å². The van der Waals surface area contributed by atoms with Crippen LogP contribution in [0.1, 0.15) is 45.2 Å². The predicted octanol–water partition coefficient (Wildman–Crippen LogP) is 3.62. The number of unbranched alkanes of at least 4 members (excludes halogenated alkanes) is 1. The van der Waals surface area contributed by atoms with E-state index in [1.54, 1.807) is 11.3 Å². The van der Waals surface area contributed by atoms with E-state index in [9.17, 15) is 4.79 Å². The van der Waals surface area contributed by atoms with Gasteiger partial charge in [0.15, 0.2) is 5.11 Å². The zero-order chi connectivity index (χ0) is 16.1. The summed E-state index contributed by atoms with van der Waals surface area (Å²) in [6, 6.07) is 1.79. The third-order valence-electron chi connectivity index (χ3n) is 3.70. The number of rotatable bonds is 6. The van der Waals surface area contributed by atoms with Crippen molar-refractivity contribution in [2.75, 3.05) is 13.2 Å². The molecule has 2 heterocycles. The largest absolute Gasteiger partial charge is 0.463 e. The molecule has 0 radical (unpaired) electrons. The van der Waals surface area contributed by atoms with Gasteiger partial charge in [0.25, 0.3) is 0 Å². The Morgan fingerprint density at radius 1 is 1.50 bits per heavy atom. The summed E-state index contributed by atoms with van der Waals surface area (Å²) >= 11 is 7.11. The maximum absolute atomic E-state index is 12.5. The van der Waals surface area contributed by atoms with Crippen molar-refractivity contribution in [2.24, 2.45) is 0 Å². The zero-order valence-electron chi connectivity index (χ0n) is 13.2. The number of carbonyl (C=O) groups excluding carboxylic acids is 1. The molecule has 0 aliphatic carbocycles. The summed E-state index contributed by atoms with van der Waals surface area (Å²) in [6.07, 6.45) is 2.10. The topological polar surface area (TPSA) is 41.6 Å². The monoisotopic (exact) mass is 338 g/mol. The number of carbonyl (C=O) groups is 1. The number of ether oxygens (including phenoxy) is 1. The smallest absolute Gasteiger partial charge is 0.338 e. The highest BCUT2D eigenvalue weighted by Crippen LogP contribution is 2.32. The van der Waals surface area contributed by atoms with Crippen LogP contribution in [-0.2, 0) is 9.53 Å². The fraction of sp³-hybridized carbons (Fsp3) is 0.500. The van der Waals surface area contributed by atoms with Crippen LogP contribution < -0.4 is 5.32 Å². The second-order valence-electron chi connectivity index (χ2n) is 5.16. The SMILES string of the molecule is CCCCN1C(=S)NC(c2ccsc2)C(C(=O)OCC)=C1C. The van der Waals surface area contributed by atoms with Crippen LogP contribution in [0.5, 0.6) is 0 Å². The van der Waals surface area contributed by atoms with Gasteiger partial charge in [-0.25, -0.2) is 4.79 Å². The highest BCUT2D eigenvalue weighted by molar-refractivity contribution is 7.80. The molecule has 1 N–H and O–H groups in total. The second-order valence-corrected chi connectivity index (χ2v) is 6.33. The van der Waals surface area contributed by atoms with Gasteiger partial charge in [0.05, 0.1) is 18.2 Å². The van der Waals surface area contributed by atoms with E-state index in [0.717, 1.165) is 30.6 Å². The van der Waals surface area contributed by atoms with Crippen LogP contribution in [0, 0.1) is 0 Å². The van der Waals surface area contributed by atoms with Crippen LogP contribution >= 0.6 is 23.6 Å². The van der Waals surface area contributed by atoms with Gasteiger partial charge >= 0.3 is 5.97 Å². The number of nitrogens with one attached hydrogen (secondary N) is 1. The first-order valence-corrected chi connectivity index (χ1v) is 8.93. The molecule has 120 valence electrons. The number of hydrogen-bond donors (Lipinski definition) is 1. The van der Waals surface area contributed by atoms with Gasteiger partial charge in [-0.3, -0.25) is 0 Å². The average Bonchev–Trinajstić information content (AvgIpc) is 3.00. The van der Waals surface area contributed by atoms with E-state index in [2.05, 4.69) is 12.2 Å². The van der Waals surface area contributed by atoms with Crippen molar-refractivity contribution in [3.05, 3.63) is 33.7 Å². The molecule has 0 aromatic carbocycles. The van der Waals surface area contributed by atoms with Crippen LogP contribution in [0.4, 0.5) is 0 Å². The Bertz CT molecular complexity index is 567.